The third-order valence-corrected chi connectivity index (χ3v) is 2.04. The van der Waals surface area contributed by atoms with E-state index < -0.39 is 0 Å². The Morgan fingerprint density at radius 1 is 1.77 bits per heavy atom. The Balaban J connectivity index is 2.60. The molecule has 1 aromatic rings. The molecule has 0 amide bonds. The van der Waals surface area contributed by atoms with Crippen LogP contribution in [0.15, 0.2) is 6.33 Å². The van der Waals surface area contributed by atoms with Gasteiger partial charge in [-0.2, -0.15) is 10.4 Å². The van der Waals surface area contributed by atoms with Gasteiger partial charge in [0.2, 0.25) is 0 Å². The summed E-state index contributed by atoms with van der Waals surface area (Å²) in [5.74, 6) is 0.865. The number of hydrogen-bond donors (Lipinski definition) is 0. The second kappa shape index (κ2) is 4.01. The number of nitriles is 1. The summed E-state index contributed by atoms with van der Waals surface area (Å²) in [6, 6.07) is 2.06. The summed E-state index contributed by atoms with van der Waals surface area (Å²) >= 11 is 0. The zero-order chi connectivity index (χ0) is 9.84. The Bertz CT molecular complexity index is 311. The van der Waals surface area contributed by atoms with Crippen LogP contribution >= 0.6 is 0 Å². The maximum Gasteiger partial charge on any atom is 0.140 e. The van der Waals surface area contributed by atoms with Gasteiger partial charge in [-0.25, -0.2) is 4.98 Å². The molecule has 0 bridgehead atoms. The zero-order valence-electron chi connectivity index (χ0n) is 8.10. The fraction of sp³-hybridized carbons (Fsp3) is 0.625. The van der Waals surface area contributed by atoms with Gasteiger partial charge in [0.25, 0.3) is 0 Å². The molecule has 0 fully saturated rings. The van der Waals surface area contributed by atoms with E-state index in [1.165, 1.54) is 6.33 Å². The number of aromatic nitrogens is 3. The van der Waals surface area contributed by atoms with Crippen molar-refractivity contribution < 1.29 is 0 Å². The Kier molecular flexibility index (Phi) is 2.98. The highest BCUT2D eigenvalue weighted by molar-refractivity contribution is 4.90. The molecule has 0 aromatic carbocycles. The van der Waals surface area contributed by atoms with Crippen LogP contribution in [-0.4, -0.2) is 32.8 Å². The molecule has 1 rings (SSSR count). The van der Waals surface area contributed by atoms with E-state index in [9.17, 15) is 0 Å². The van der Waals surface area contributed by atoms with Gasteiger partial charge in [0, 0.05) is 7.05 Å². The van der Waals surface area contributed by atoms with Crippen molar-refractivity contribution in [1.29, 1.82) is 5.26 Å². The predicted octanol–water partition coefficient (Wildman–Crippen LogP) is 0.159. The van der Waals surface area contributed by atoms with Crippen molar-refractivity contribution >= 4 is 0 Å². The fourth-order valence-electron chi connectivity index (χ4n) is 0.922. The molecule has 0 spiro atoms. The second-order valence-electron chi connectivity index (χ2n) is 3.02. The third kappa shape index (κ3) is 2.26. The molecule has 0 N–H and O–H groups in total. The van der Waals surface area contributed by atoms with Crippen molar-refractivity contribution in [2.75, 3.05) is 7.05 Å². The minimum absolute atomic E-state index is 0.100. The Hall–Kier alpha value is -1.41. The van der Waals surface area contributed by atoms with Gasteiger partial charge in [0.15, 0.2) is 0 Å². The summed E-state index contributed by atoms with van der Waals surface area (Å²) in [5.41, 5.74) is 0. The van der Waals surface area contributed by atoms with Crippen LogP contribution in [0.4, 0.5) is 0 Å². The lowest BCUT2D eigenvalue weighted by molar-refractivity contribution is 0.282. The highest BCUT2D eigenvalue weighted by Crippen LogP contribution is 2.00. The molecule has 13 heavy (non-hydrogen) atoms. The molecule has 0 aliphatic carbocycles. The number of hydrogen-bond acceptors (Lipinski definition) is 4. The minimum atomic E-state index is -0.100. The normalized spacial score (nSPS) is 12.8. The van der Waals surface area contributed by atoms with E-state index in [1.54, 1.807) is 4.68 Å². The van der Waals surface area contributed by atoms with Gasteiger partial charge in [-0.15, -0.1) is 0 Å². The fourth-order valence-corrected chi connectivity index (χ4v) is 0.922. The molecule has 0 aliphatic rings. The van der Waals surface area contributed by atoms with Crippen molar-refractivity contribution in [2.24, 2.45) is 7.05 Å². The van der Waals surface area contributed by atoms with Crippen LogP contribution in [0.1, 0.15) is 12.7 Å². The molecule has 0 radical (unpaired) electrons. The van der Waals surface area contributed by atoms with Crippen LogP contribution in [0.2, 0.25) is 0 Å². The SMILES string of the molecule is CC(C#N)N(C)Cc1ncnn1C. The summed E-state index contributed by atoms with van der Waals surface area (Å²) < 4.78 is 1.71. The van der Waals surface area contributed by atoms with Crippen molar-refractivity contribution in [1.82, 2.24) is 19.7 Å². The smallest absolute Gasteiger partial charge is 0.140 e. The van der Waals surface area contributed by atoms with Crippen LogP contribution in [0.25, 0.3) is 0 Å². The van der Waals surface area contributed by atoms with Crippen LogP contribution in [0.3, 0.4) is 0 Å². The first-order valence-corrected chi connectivity index (χ1v) is 4.08. The molecule has 0 aliphatic heterocycles. The van der Waals surface area contributed by atoms with Gasteiger partial charge < -0.3 is 0 Å². The van der Waals surface area contributed by atoms with E-state index in [2.05, 4.69) is 16.2 Å². The first-order valence-electron chi connectivity index (χ1n) is 4.08. The summed E-state index contributed by atoms with van der Waals surface area (Å²) in [6.45, 7) is 2.50. The first-order chi connectivity index (χ1) is 6.15. The van der Waals surface area contributed by atoms with Crippen LogP contribution in [0.5, 0.6) is 0 Å². The molecule has 1 unspecified atom stereocenters. The van der Waals surface area contributed by atoms with E-state index >= 15 is 0 Å². The number of rotatable bonds is 3. The van der Waals surface area contributed by atoms with E-state index in [0.29, 0.717) is 6.54 Å². The van der Waals surface area contributed by atoms with Crippen molar-refractivity contribution in [3.05, 3.63) is 12.2 Å². The molecule has 1 atom stereocenters. The standard InChI is InChI=1S/C8H13N5/c1-7(4-9)12(2)5-8-10-6-11-13(8)3/h6-7H,5H2,1-3H3. The van der Waals surface area contributed by atoms with Gasteiger partial charge in [-0.1, -0.05) is 0 Å². The molecule has 5 nitrogen and oxygen atoms in total. The van der Waals surface area contributed by atoms with Gasteiger partial charge >= 0.3 is 0 Å². The summed E-state index contributed by atoms with van der Waals surface area (Å²) in [4.78, 5) is 5.99. The van der Waals surface area contributed by atoms with E-state index in [0.717, 1.165) is 5.82 Å². The zero-order valence-corrected chi connectivity index (χ0v) is 8.10. The number of aryl methyl sites for hydroxylation is 1. The molecule has 70 valence electrons. The molecule has 1 aromatic heterocycles. The van der Waals surface area contributed by atoms with Gasteiger partial charge in [0.05, 0.1) is 18.7 Å². The molecular weight excluding hydrogens is 166 g/mol. The van der Waals surface area contributed by atoms with Crippen LogP contribution in [0, 0.1) is 11.3 Å². The Morgan fingerprint density at radius 2 is 2.46 bits per heavy atom. The van der Waals surface area contributed by atoms with E-state index in [1.807, 2.05) is 25.9 Å². The minimum Gasteiger partial charge on any atom is -0.284 e. The lowest BCUT2D eigenvalue weighted by atomic mass is 10.3. The third-order valence-electron chi connectivity index (χ3n) is 2.04. The average Bonchev–Trinajstić information content (AvgIpc) is 2.50. The van der Waals surface area contributed by atoms with E-state index in [-0.39, 0.29) is 6.04 Å². The number of nitrogens with zero attached hydrogens (tertiary/aromatic N) is 5. The lowest BCUT2D eigenvalue weighted by Crippen LogP contribution is -2.28. The summed E-state index contributed by atoms with van der Waals surface area (Å²) in [5, 5.41) is 12.6. The highest BCUT2D eigenvalue weighted by Gasteiger charge is 2.10. The van der Waals surface area contributed by atoms with Crippen LogP contribution in [-0.2, 0) is 13.6 Å². The van der Waals surface area contributed by atoms with Crippen LogP contribution < -0.4 is 0 Å². The lowest BCUT2D eigenvalue weighted by Gasteiger charge is -2.17. The summed E-state index contributed by atoms with van der Waals surface area (Å²) in [7, 11) is 3.73. The molecule has 1 heterocycles. The Morgan fingerprint density at radius 3 is 2.92 bits per heavy atom. The second-order valence-corrected chi connectivity index (χ2v) is 3.02. The van der Waals surface area contributed by atoms with Gasteiger partial charge in [0.1, 0.15) is 12.2 Å². The summed E-state index contributed by atoms with van der Waals surface area (Å²) in [6.07, 6.45) is 1.51. The van der Waals surface area contributed by atoms with Crippen molar-refractivity contribution in [2.45, 2.75) is 19.5 Å². The topological polar surface area (TPSA) is 57.7 Å². The van der Waals surface area contributed by atoms with E-state index in [4.69, 9.17) is 5.26 Å². The first kappa shape index (κ1) is 9.68. The molecule has 5 heteroatoms. The molecular formula is C8H13N5. The Labute approximate surface area is 77.6 Å². The maximum absolute atomic E-state index is 8.67. The maximum atomic E-state index is 8.67. The monoisotopic (exact) mass is 179 g/mol. The quantitative estimate of drug-likeness (QED) is 0.663. The average molecular weight is 179 g/mol. The van der Waals surface area contributed by atoms with Gasteiger partial charge in [-0.3, -0.25) is 9.58 Å². The van der Waals surface area contributed by atoms with Crippen molar-refractivity contribution in [3.63, 3.8) is 0 Å². The van der Waals surface area contributed by atoms with Gasteiger partial charge in [-0.05, 0) is 14.0 Å². The largest absolute Gasteiger partial charge is 0.284 e. The molecule has 0 saturated heterocycles. The predicted molar refractivity (Wildman–Crippen MR) is 47.5 cm³/mol. The molecule has 0 saturated carbocycles. The van der Waals surface area contributed by atoms with Crippen molar-refractivity contribution in [3.8, 4) is 6.07 Å². The highest BCUT2D eigenvalue weighted by atomic mass is 15.3.